The van der Waals surface area contributed by atoms with E-state index >= 15 is 0 Å². The summed E-state index contributed by atoms with van der Waals surface area (Å²) >= 11 is 7.04. The SMILES string of the molecule is CC(=O)c1cccc(NC(=O)C(C)Sc2nc3ccccc3c(=O)n2-c2ccc(F)c(Cl)c2)c1. The van der Waals surface area contributed by atoms with Crippen molar-refractivity contribution in [2.45, 2.75) is 24.3 Å². The number of amides is 1. The van der Waals surface area contributed by atoms with Crippen LogP contribution in [-0.4, -0.2) is 26.5 Å². The number of nitrogens with zero attached hydrogens (tertiary/aromatic N) is 2. The van der Waals surface area contributed by atoms with Crippen molar-refractivity contribution in [2.24, 2.45) is 0 Å². The van der Waals surface area contributed by atoms with Crippen LogP contribution in [0.3, 0.4) is 0 Å². The van der Waals surface area contributed by atoms with Crippen molar-refractivity contribution < 1.29 is 14.0 Å². The highest BCUT2D eigenvalue weighted by atomic mass is 35.5. The standard InChI is InChI=1S/C25H19ClFN3O3S/c1-14(31)16-6-5-7-17(12-16)28-23(32)15(2)34-25-29-22-9-4-3-8-19(22)24(33)30(25)18-10-11-21(27)20(26)13-18/h3-13,15H,1-2H3,(H,28,32). The largest absolute Gasteiger partial charge is 0.325 e. The summed E-state index contributed by atoms with van der Waals surface area (Å²) in [5.74, 6) is -1.06. The molecule has 1 amide bonds. The van der Waals surface area contributed by atoms with E-state index in [9.17, 15) is 18.8 Å². The van der Waals surface area contributed by atoms with Gasteiger partial charge in [-0.3, -0.25) is 19.0 Å². The van der Waals surface area contributed by atoms with Gasteiger partial charge in [0.05, 0.1) is 26.9 Å². The Labute approximate surface area is 203 Å². The van der Waals surface area contributed by atoms with Gasteiger partial charge in [0, 0.05) is 11.3 Å². The maximum atomic E-state index is 13.8. The predicted molar refractivity (Wildman–Crippen MR) is 133 cm³/mol. The summed E-state index contributed by atoms with van der Waals surface area (Å²) in [4.78, 5) is 42.4. The molecule has 9 heteroatoms. The van der Waals surface area contributed by atoms with E-state index in [1.807, 2.05) is 0 Å². The lowest BCUT2D eigenvalue weighted by Crippen LogP contribution is -2.26. The number of aromatic nitrogens is 2. The zero-order chi connectivity index (χ0) is 24.4. The van der Waals surface area contributed by atoms with Gasteiger partial charge in [0.15, 0.2) is 10.9 Å². The van der Waals surface area contributed by atoms with Crippen LogP contribution in [0.4, 0.5) is 10.1 Å². The first-order valence-electron chi connectivity index (χ1n) is 10.3. The molecule has 4 rings (SSSR count). The van der Waals surface area contributed by atoms with Crippen LogP contribution in [0.15, 0.2) is 76.7 Å². The first-order chi connectivity index (χ1) is 16.2. The first-order valence-corrected chi connectivity index (χ1v) is 11.6. The Balaban J connectivity index is 1.71. The summed E-state index contributed by atoms with van der Waals surface area (Å²) in [6, 6.07) is 17.4. The van der Waals surface area contributed by atoms with E-state index in [0.717, 1.165) is 11.8 Å². The molecule has 0 spiro atoms. The molecular weight excluding hydrogens is 477 g/mol. The molecule has 34 heavy (non-hydrogen) atoms. The number of thioether (sulfide) groups is 1. The summed E-state index contributed by atoms with van der Waals surface area (Å²) < 4.78 is 15.1. The fourth-order valence-corrected chi connectivity index (χ4v) is 4.42. The van der Waals surface area contributed by atoms with Crippen LogP contribution in [0.2, 0.25) is 5.02 Å². The third-order valence-corrected chi connectivity index (χ3v) is 6.44. The summed E-state index contributed by atoms with van der Waals surface area (Å²) in [5.41, 5.74) is 1.41. The number of fused-ring (bicyclic) bond motifs is 1. The van der Waals surface area contributed by atoms with Crippen LogP contribution in [0, 0.1) is 5.82 Å². The van der Waals surface area contributed by atoms with E-state index in [0.29, 0.717) is 27.8 Å². The first kappa shape index (κ1) is 23.7. The van der Waals surface area contributed by atoms with Crippen molar-refractivity contribution in [3.8, 4) is 5.69 Å². The van der Waals surface area contributed by atoms with Crippen molar-refractivity contribution in [3.63, 3.8) is 0 Å². The number of carbonyl (C=O) groups excluding carboxylic acids is 2. The Morgan fingerprint density at radius 2 is 1.85 bits per heavy atom. The molecule has 0 radical (unpaired) electrons. The normalized spacial score (nSPS) is 11.9. The molecule has 0 saturated carbocycles. The third kappa shape index (κ3) is 4.88. The molecule has 172 valence electrons. The number of hydrogen-bond donors (Lipinski definition) is 1. The minimum atomic E-state index is -0.656. The minimum absolute atomic E-state index is 0.110. The molecule has 1 unspecified atom stereocenters. The van der Waals surface area contributed by atoms with Crippen molar-refractivity contribution in [2.75, 3.05) is 5.32 Å². The number of ketones is 1. The van der Waals surface area contributed by atoms with E-state index in [4.69, 9.17) is 11.6 Å². The number of Topliss-reactive ketones (excluding diaryl/α,β-unsaturated/α-hetero) is 1. The molecule has 0 bridgehead atoms. The van der Waals surface area contributed by atoms with Gasteiger partial charge in [-0.15, -0.1) is 0 Å². The predicted octanol–water partition coefficient (Wildman–Crippen LogP) is 5.50. The monoisotopic (exact) mass is 495 g/mol. The lowest BCUT2D eigenvalue weighted by Gasteiger charge is -2.17. The number of hydrogen-bond acceptors (Lipinski definition) is 5. The van der Waals surface area contributed by atoms with Crippen LogP contribution in [0.25, 0.3) is 16.6 Å². The number of nitrogens with one attached hydrogen (secondary N) is 1. The van der Waals surface area contributed by atoms with Crippen LogP contribution in [0.5, 0.6) is 0 Å². The Morgan fingerprint density at radius 3 is 2.59 bits per heavy atom. The number of para-hydroxylation sites is 1. The fourth-order valence-electron chi connectivity index (χ4n) is 3.31. The van der Waals surface area contributed by atoms with E-state index in [1.54, 1.807) is 55.5 Å². The molecule has 1 aromatic heterocycles. The number of benzene rings is 3. The summed E-state index contributed by atoms with van der Waals surface area (Å²) in [5, 5.41) is 2.63. The molecule has 0 aliphatic heterocycles. The fraction of sp³-hybridized carbons (Fsp3) is 0.120. The van der Waals surface area contributed by atoms with Crippen molar-refractivity contribution in [1.82, 2.24) is 9.55 Å². The molecule has 1 heterocycles. The number of anilines is 1. The van der Waals surface area contributed by atoms with Crippen molar-refractivity contribution in [3.05, 3.63) is 93.5 Å². The number of carbonyl (C=O) groups is 2. The highest BCUT2D eigenvalue weighted by Gasteiger charge is 2.21. The van der Waals surface area contributed by atoms with Gasteiger partial charge in [0.25, 0.3) is 5.56 Å². The molecule has 3 aromatic carbocycles. The van der Waals surface area contributed by atoms with Crippen LogP contribution < -0.4 is 10.9 Å². The van der Waals surface area contributed by atoms with Gasteiger partial charge in [0.1, 0.15) is 5.82 Å². The molecular formula is C25H19ClFN3O3S. The molecule has 0 saturated heterocycles. The second-order valence-corrected chi connectivity index (χ2v) is 9.25. The zero-order valence-electron chi connectivity index (χ0n) is 18.2. The molecule has 0 aliphatic carbocycles. The second kappa shape index (κ2) is 9.79. The van der Waals surface area contributed by atoms with E-state index in [1.165, 1.54) is 29.7 Å². The average molecular weight is 496 g/mol. The smallest absolute Gasteiger partial charge is 0.266 e. The highest BCUT2D eigenvalue weighted by Crippen LogP contribution is 2.27. The Bertz CT molecular complexity index is 1490. The lowest BCUT2D eigenvalue weighted by molar-refractivity contribution is -0.115. The average Bonchev–Trinajstić information content (AvgIpc) is 2.81. The van der Waals surface area contributed by atoms with Crippen molar-refractivity contribution in [1.29, 1.82) is 0 Å². The van der Waals surface area contributed by atoms with E-state index in [2.05, 4.69) is 10.3 Å². The molecule has 4 aromatic rings. The van der Waals surface area contributed by atoms with Gasteiger partial charge in [-0.25, -0.2) is 9.37 Å². The zero-order valence-corrected chi connectivity index (χ0v) is 19.8. The van der Waals surface area contributed by atoms with Crippen molar-refractivity contribution >= 4 is 51.6 Å². The quantitative estimate of drug-likeness (QED) is 0.217. The summed E-state index contributed by atoms with van der Waals surface area (Å²) in [6.45, 7) is 3.13. The van der Waals surface area contributed by atoms with Crippen LogP contribution >= 0.6 is 23.4 Å². The van der Waals surface area contributed by atoms with Crippen LogP contribution in [-0.2, 0) is 4.79 Å². The van der Waals surface area contributed by atoms with Gasteiger partial charge < -0.3 is 5.32 Å². The third-order valence-electron chi connectivity index (χ3n) is 5.09. The minimum Gasteiger partial charge on any atom is -0.325 e. The maximum absolute atomic E-state index is 13.8. The summed E-state index contributed by atoms with van der Waals surface area (Å²) in [6.07, 6.45) is 0. The van der Waals surface area contributed by atoms with Gasteiger partial charge in [-0.2, -0.15) is 0 Å². The summed E-state index contributed by atoms with van der Waals surface area (Å²) in [7, 11) is 0. The Kier molecular flexibility index (Phi) is 6.81. The molecule has 6 nitrogen and oxygen atoms in total. The van der Waals surface area contributed by atoms with Gasteiger partial charge in [-0.05, 0) is 56.3 Å². The number of rotatable bonds is 6. The molecule has 1 atom stereocenters. The lowest BCUT2D eigenvalue weighted by atomic mass is 10.1. The maximum Gasteiger partial charge on any atom is 0.266 e. The number of halogens is 2. The van der Waals surface area contributed by atoms with E-state index < -0.39 is 11.1 Å². The molecule has 0 aliphatic rings. The van der Waals surface area contributed by atoms with E-state index in [-0.39, 0.29) is 27.4 Å². The van der Waals surface area contributed by atoms with Gasteiger partial charge in [0.2, 0.25) is 5.91 Å². The Hall–Kier alpha value is -3.49. The van der Waals surface area contributed by atoms with Gasteiger partial charge in [-0.1, -0.05) is 47.6 Å². The molecule has 0 fully saturated rings. The van der Waals surface area contributed by atoms with Gasteiger partial charge >= 0.3 is 0 Å². The highest BCUT2D eigenvalue weighted by molar-refractivity contribution is 8.00. The Morgan fingerprint density at radius 1 is 1.09 bits per heavy atom. The second-order valence-electron chi connectivity index (χ2n) is 7.54. The van der Waals surface area contributed by atoms with Crippen LogP contribution in [0.1, 0.15) is 24.2 Å². The topological polar surface area (TPSA) is 81.1 Å². The molecule has 1 N–H and O–H groups in total.